The molecule has 152 valence electrons. The van der Waals surface area contributed by atoms with Crippen molar-refractivity contribution in [3.05, 3.63) is 100 Å². The molecule has 0 amide bonds. The second-order valence-electron chi connectivity index (χ2n) is 7.23. The first-order chi connectivity index (χ1) is 14.4. The van der Waals surface area contributed by atoms with Gasteiger partial charge in [0.05, 0.1) is 5.56 Å². The minimum absolute atomic E-state index is 0.0144. The first-order valence-electron chi connectivity index (χ1n) is 9.52. The topological polar surface area (TPSA) is 76.7 Å². The number of carbonyl (C=O) groups excluding carboxylic acids is 1. The predicted octanol–water partition coefficient (Wildman–Crippen LogP) is 4.50. The van der Waals surface area contributed by atoms with E-state index in [9.17, 15) is 19.1 Å². The molecule has 2 atom stereocenters. The normalized spacial score (nSPS) is 18.0. The Labute approximate surface area is 172 Å². The van der Waals surface area contributed by atoms with E-state index in [1.54, 1.807) is 48.5 Å². The minimum atomic E-state index is -0.750. The van der Waals surface area contributed by atoms with Crippen molar-refractivity contribution in [3.63, 3.8) is 0 Å². The Morgan fingerprint density at radius 2 is 1.80 bits per heavy atom. The van der Waals surface area contributed by atoms with Crippen LogP contribution in [0.15, 0.2) is 81.9 Å². The fourth-order valence-corrected chi connectivity index (χ4v) is 3.41. The Morgan fingerprint density at radius 3 is 2.50 bits per heavy atom. The minimum Gasteiger partial charge on any atom is -0.501 e. The fourth-order valence-electron chi connectivity index (χ4n) is 3.41. The molecule has 30 heavy (non-hydrogen) atoms. The summed E-state index contributed by atoms with van der Waals surface area (Å²) in [6.07, 6.45) is 2.96. The van der Waals surface area contributed by atoms with Gasteiger partial charge in [0.2, 0.25) is 16.9 Å². The van der Waals surface area contributed by atoms with Crippen LogP contribution in [0.1, 0.15) is 23.0 Å². The second kappa shape index (κ2) is 7.99. The van der Waals surface area contributed by atoms with Crippen LogP contribution in [-0.4, -0.2) is 17.0 Å². The van der Waals surface area contributed by atoms with Crippen LogP contribution in [0, 0.1) is 11.7 Å². The van der Waals surface area contributed by atoms with Crippen molar-refractivity contribution in [1.29, 1.82) is 0 Å². The van der Waals surface area contributed by atoms with E-state index in [0.717, 1.165) is 5.56 Å². The highest BCUT2D eigenvalue weighted by molar-refractivity contribution is 6.07. The van der Waals surface area contributed by atoms with Crippen LogP contribution in [0.25, 0.3) is 11.1 Å². The Kier molecular flexibility index (Phi) is 5.23. The zero-order valence-corrected chi connectivity index (χ0v) is 16.2. The first-order valence-corrected chi connectivity index (χ1v) is 9.52. The number of rotatable bonds is 5. The maximum atomic E-state index is 13.1. The number of Topliss-reactive ketones (excluding diaryl/α,β-unsaturated/α-hetero) is 1. The molecular weight excluding hydrogens is 387 g/mol. The molecule has 1 aliphatic heterocycles. The molecule has 2 unspecified atom stereocenters. The summed E-state index contributed by atoms with van der Waals surface area (Å²) in [4.78, 5) is 25.4. The molecule has 5 nitrogen and oxygen atoms in total. The molecule has 1 N–H and O–H groups in total. The molecule has 2 aromatic carbocycles. The molecule has 1 aliphatic rings. The molecule has 1 aromatic heterocycles. The van der Waals surface area contributed by atoms with Crippen LogP contribution in [0.5, 0.6) is 5.75 Å². The maximum absolute atomic E-state index is 13.1. The van der Waals surface area contributed by atoms with Crippen molar-refractivity contribution in [2.45, 2.75) is 19.4 Å². The number of hydrogen-bond donors (Lipinski definition) is 1. The van der Waals surface area contributed by atoms with Gasteiger partial charge in [-0.15, -0.1) is 0 Å². The van der Waals surface area contributed by atoms with E-state index in [-0.39, 0.29) is 29.2 Å². The molecular formula is C24H19FO5. The fraction of sp³-hybridized carbons (Fsp3) is 0.167. The predicted molar refractivity (Wildman–Crippen MR) is 109 cm³/mol. The Morgan fingerprint density at radius 1 is 1.10 bits per heavy atom. The third-order valence-corrected chi connectivity index (χ3v) is 5.11. The Balaban J connectivity index is 1.55. The SMILES string of the molecule is CC1C=C(C(=O)c2occ(-c3ccccc3)c(=O)c2O)OC1Cc1ccc(F)cc1. The van der Waals surface area contributed by atoms with E-state index in [0.29, 0.717) is 12.0 Å². The second-order valence-corrected chi connectivity index (χ2v) is 7.23. The molecule has 0 fully saturated rings. The van der Waals surface area contributed by atoms with Crippen LogP contribution in [0.3, 0.4) is 0 Å². The summed E-state index contributed by atoms with van der Waals surface area (Å²) in [7, 11) is 0. The first kappa shape index (κ1) is 19.6. The van der Waals surface area contributed by atoms with Gasteiger partial charge in [0, 0.05) is 12.3 Å². The van der Waals surface area contributed by atoms with Crippen molar-refractivity contribution < 1.29 is 23.4 Å². The summed E-state index contributed by atoms with van der Waals surface area (Å²) in [6, 6.07) is 14.8. The van der Waals surface area contributed by atoms with Gasteiger partial charge in [-0.3, -0.25) is 9.59 Å². The van der Waals surface area contributed by atoms with E-state index >= 15 is 0 Å². The summed E-state index contributed by atoms with van der Waals surface area (Å²) < 4.78 is 24.2. The van der Waals surface area contributed by atoms with Gasteiger partial charge in [-0.2, -0.15) is 0 Å². The highest BCUT2D eigenvalue weighted by Crippen LogP contribution is 2.30. The van der Waals surface area contributed by atoms with Crippen LogP contribution < -0.4 is 5.43 Å². The molecule has 4 rings (SSSR count). The summed E-state index contributed by atoms with van der Waals surface area (Å²) in [5.41, 5.74) is 0.917. The number of aromatic hydroxyl groups is 1. The molecule has 0 bridgehead atoms. The molecule has 0 spiro atoms. The van der Waals surface area contributed by atoms with Crippen molar-refractivity contribution >= 4 is 5.78 Å². The molecule has 0 aliphatic carbocycles. The lowest BCUT2D eigenvalue weighted by Gasteiger charge is -2.16. The van der Waals surface area contributed by atoms with E-state index < -0.39 is 22.7 Å². The van der Waals surface area contributed by atoms with Crippen molar-refractivity contribution in [2.75, 3.05) is 0 Å². The number of ether oxygens (including phenoxy) is 1. The van der Waals surface area contributed by atoms with E-state index in [2.05, 4.69) is 0 Å². The summed E-state index contributed by atoms with van der Waals surface area (Å²) in [5, 5.41) is 10.3. The van der Waals surface area contributed by atoms with Gasteiger partial charge in [-0.25, -0.2) is 4.39 Å². The van der Waals surface area contributed by atoms with Gasteiger partial charge < -0.3 is 14.3 Å². The quantitative estimate of drug-likeness (QED) is 0.632. The smallest absolute Gasteiger partial charge is 0.266 e. The average Bonchev–Trinajstić information content (AvgIpc) is 3.12. The number of hydrogen-bond acceptors (Lipinski definition) is 5. The zero-order valence-electron chi connectivity index (χ0n) is 16.2. The highest BCUT2D eigenvalue weighted by Gasteiger charge is 2.33. The van der Waals surface area contributed by atoms with E-state index in [4.69, 9.17) is 9.15 Å². The average molecular weight is 406 g/mol. The van der Waals surface area contributed by atoms with Crippen LogP contribution >= 0.6 is 0 Å². The van der Waals surface area contributed by atoms with Crippen molar-refractivity contribution in [1.82, 2.24) is 0 Å². The number of benzene rings is 2. The van der Waals surface area contributed by atoms with Gasteiger partial charge in [0.15, 0.2) is 5.76 Å². The highest BCUT2D eigenvalue weighted by atomic mass is 19.1. The van der Waals surface area contributed by atoms with Gasteiger partial charge in [-0.05, 0) is 29.3 Å². The monoisotopic (exact) mass is 406 g/mol. The molecule has 0 saturated carbocycles. The van der Waals surface area contributed by atoms with Gasteiger partial charge in [-0.1, -0.05) is 49.4 Å². The lowest BCUT2D eigenvalue weighted by atomic mass is 9.98. The van der Waals surface area contributed by atoms with Gasteiger partial charge >= 0.3 is 0 Å². The summed E-state index contributed by atoms with van der Waals surface area (Å²) >= 11 is 0. The summed E-state index contributed by atoms with van der Waals surface area (Å²) in [5.74, 6) is -2.30. The van der Waals surface area contributed by atoms with E-state index in [1.165, 1.54) is 18.4 Å². The Hall–Kier alpha value is -3.67. The lowest BCUT2D eigenvalue weighted by Crippen LogP contribution is -2.19. The lowest BCUT2D eigenvalue weighted by molar-refractivity contribution is 0.0769. The number of ketones is 1. The van der Waals surface area contributed by atoms with E-state index in [1.807, 2.05) is 6.92 Å². The molecule has 6 heteroatoms. The number of allylic oxidation sites excluding steroid dienone is 1. The summed E-state index contributed by atoms with van der Waals surface area (Å²) in [6.45, 7) is 1.89. The van der Waals surface area contributed by atoms with Crippen LogP contribution in [0.2, 0.25) is 0 Å². The standard InChI is InChI=1S/C24H19FO5/c1-14-11-20(30-19(14)12-15-7-9-17(25)10-8-15)22(27)24-23(28)21(26)18(13-29-24)16-5-3-2-4-6-16/h2-11,13-14,19,28H,12H2,1H3. The van der Waals surface area contributed by atoms with Gasteiger partial charge in [0.25, 0.3) is 5.78 Å². The third-order valence-electron chi connectivity index (χ3n) is 5.11. The molecule has 2 heterocycles. The molecule has 0 radical (unpaired) electrons. The zero-order chi connectivity index (χ0) is 21.3. The van der Waals surface area contributed by atoms with Crippen LogP contribution in [-0.2, 0) is 11.2 Å². The maximum Gasteiger partial charge on any atom is 0.266 e. The Bertz CT molecular complexity index is 1160. The van der Waals surface area contributed by atoms with Gasteiger partial charge in [0.1, 0.15) is 18.2 Å². The number of halogens is 1. The van der Waals surface area contributed by atoms with Crippen molar-refractivity contribution in [2.24, 2.45) is 5.92 Å². The number of carbonyl (C=O) groups is 1. The largest absolute Gasteiger partial charge is 0.501 e. The molecule has 3 aromatic rings. The van der Waals surface area contributed by atoms with Crippen LogP contribution in [0.4, 0.5) is 4.39 Å². The third kappa shape index (κ3) is 3.76. The molecule has 0 saturated heterocycles. The van der Waals surface area contributed by atoms with Crippen molar-refractivity contribution in [3.8, 4) is 16.9 Å².